The van der Waals surface area contributed by atoms with Crippen molar-refractivity contribution in [2.45, 2.75) is 0 Å². The van der Waals surface area contributed by atoms with Crippen LogP contribution in [-0.4, -0.2) is 4.57 Å². The molecule has 2 heterocycles. The number of furan rings is 1. The van der Waals surface area contributed by atoms with E-state index >= 15 is 0 Å². The van der Waals surface area contributed by atoms with Crippen LogP contribution in [0.1, 0.15) is 0 Å². The van der Waals surface area contributed by atoms with Crippen LogP contribution in [-0.2, 0) is 0 Å². The monoisotopic (exact) mass is 702 g/mol. The SMILES string of the molecule is c1ccc(-c2cccc(N(c3ccc(-c4cc(-n5c6ccccc6c6ccccc65)cc5ccccc45)cc3)c3ccc4oc5ccccc5c4c3)c2)cc1. The third-order valence-corrected chi connectivity index (χ3v) is 11.0. The molecule has 0 amide bonds. The molecule has 0 unspecified atom stereocenters. The topological polar surface area (TPSA) is 21.3 Å². The van der Waals surface area contributed by atoms with Crippen LogP contribution in [0.4, 0.5) is 17.1 Å². The molecule has 0 bridgehead atoms. The molecule has 11 aromatic rings. The molecule has 0 spiro atoms. The lowest BCUT2D eigenvalue weighted by Gasteiger charge is -2.26. The number of benzene rings is 9. The first kappa shape index (κ1) is 31.2. The van der Waals surface area contributed by atoms with Crippen molar-refractivity contribution in [2.24, 2.45) is 0 Å². The standard InChI is InChI=1S/C52H34N2O/c1-2-13-35(14-3-1)37-16-12-17-40(31-37)53(41-29-30-52-48(33-41)46-21-8-11-24-51(46)55-52)39-27-25-36(26-28-39)47-34-42(32-38-15-4-5-18-43(38)47)54-49-22-9-6-19-44(49)45-20-7-10-23-50(45)54/h1-34H. The Hall–Kier alpha value is -7.36. The molecule has 9 aromatic carbocycles. The van der Waals surface area contributed by atoms with Crippen molar-refractivity contribution in [3.63, 3.8) is 0 Å². The van der Waals surface area contributed by atoms with E-state index in [4.69, 9.17) is 4.42 Å². The summed E-state index contributed by atoms with van der Waals surface area (Å²) in [5.41, 5.74) is 13.3. The van der Waals surface area contributed by atoms with E-state index < -0.39 is 0 Å². The first-order valence-corrected chi connectivity index (χ1v) is 18.8. The molecule has 0 aliphatic carbocycles. The second-order valence-corrected chi connectivity index (χ2v) is 14.2. The van der Waals surface area contributed by atoms with E-state index in [1.165, 1.54) is 49.3 Å². The van der Waals surface area contributed by atoms with Crippen LogP contribution < -0.4 is 4.90 Å². The Labute approximate surface area is 318 Å². The van der Waals surface area contributed by atoms with Crippen LogP contribution in [0.15, 0.2) is 211 Å². The summed E-state index contributed by atoms with van der Waals surface area (Å²) in [7, 11) is 0. The molecule has 3 heteroatoms. The van der Waals surface area contributed by atoms with Crippen molar-refractivity contribution in [3.8, 4) is 27.9 Å². The maximum atomic E-state index is 6.24. The molecule has 0 atom stereocenters. The molecule has 0 aliphatic rings. The van der Waals surface area contributed by atoms with Crippen molar-refractivity contribution in [3.05, 3.63) is 206 Å². The van der Waals surface area contributed by atoms with Crippen molar-refractivity contribution in [1.29, 1.82) is 0 Å². The molecular formula is C52H34N2O. The number of hydrogen-bond donors (Lipinski definition) is 0. The molecule has 0 fully saturated rings. The van der Waals surface area contributed by atoms with Crippen LogP contribution >= 0.6 is 0 Å². The highest BCUT2D eigenvalue weighted by Crippen LogP contribution is 2.42. The summed E-state index contributed by atoms with van der Waals surface area (Å²) >= 11 is 0. The molecule has 2 aromatic heterocycles. The van der Waals surface area contributed by atoms with E-state index in [-0.39, 0.29) is 0 Å². The Bertz CT molecular complexity index is 3150. The molecular weight excluding hydrogens is 669 g/mol. The number of rotatable bonds is 6. The zero-order chi connectivity index (χ0) is 36.3. The zero-order valence-corrected chi connectivity index (χ0v) is 29.9. The second-order valence-electron chi connectivity index (χ2n) is 14.2. The molecule has 0 N–H and O–H groups in total. The Morgan fingerprint density at radius 3 is 1.73 bits per heavy atom. The predicted octanol–water partition coefficient (Wildman–Crippen LogP) is 14.6. The van der Waals surface area contributed by atoms with Crippen LogP contribution in [0.3, 0.4) is 0 Å². The summed E-state index contributed by atoms with van der Waals surface area (Å²) < 4.78 is 8.65. The smallest absolute Gasteiger partial charge is 0.135 e. The summed E-state index contributed by atoms with van der Waals surface area (Å²) in [5, 5.41) is 7.17. The van der Waals surface area contributed by atoms with E-state index in [0.29, 0.717) is 0 Å². The fourth-order valence-electron chi connectivity index (χ4n) is 8.41. The lowest BCUT2D eigenvalue weighted by Crippen LogP contribution is -2.10. The van der Waals surface area contributed by atoms with Gasteiger partial charge in [-0.05, 0) is 106 Å². The van der Waals surface area contributed by atoms with Gasteiger partial charge in [-0.3, -0.25) is 0 Å². The Morgan fingerprint density at radius 2 is 0.945 bits per heavy atom. The number of para-hydroxylation sites is 3. The van der Waals surface area contributed by atoms with Gasteiger partial charge in [0.05, 0.1) is 11.0 Å². The van der Waals surface area contributed by atoms with Gasteiger partial charge in [0, 0.05) is 44.3 Å². The first-order valence-electron chi connectivity index (χ1n) is 18.8. The maximum Gasteiger partial charge on any atom is 0.135 e. The third-order valence-electron chi connectivity index (χ3n) is 11.0. The highest BCUT2D eigenvalue weighted by atomic mass is 16.3. The van der Waals surface area contributed by atoms with Crippen LogP contribution in [0, 0.1) is 0 Å². The van der Waals surface area contributed by atoms with Crippen molar-refractivity contribution < 1.29 is 4.42 Å². The van der Waals surface area contributed by atoms with Gasteiger partial charge in [0.15, 0.2) is 0 Å². The van der Waals surface area contributed by atoms with Gasteiger partial charge in [0.25, 0.3) is 0 Å². The van der Waals surface area contributed by atoms with Crippen molar-refractivity contribution >= 4 is 71.6 Å². The van der Waals surface area contributed by atoms with Gasteiger partial charge in [0.2, 0.25) is 0 Å². The fraction of sp³-hybridized carbons (Fsp3) is 0. The minimum absolute atomic E-state index is 0.883. The summed E-state index contributed by atoms with van der Waals surface area (Å²) in [6.45, 7) is 0. The number of hydrogen-bond acceptors (Lipinski definition) is 2. The lowest BCUT2D eigenvalue weighted by molar-refractivity contribution is 0.669. The zero-order valence-electron chi connectivity index (χ0n) is 29.9. The highest BCUT2D eigenvalue weighted by Gasteiger charge is 2.18. The van der Waals surface area contributed by atoms with E-state index in [0.717, 1.165) is 50.3 Å². The van der Waals surface area contributed by atoms with Gasteiger partial charge in [0.1, 0.15) is 11.2 Å². The normalized spacial score (nSPS) is 11.6. The summed E-state index contributed by atoms with van der Waals surface area (Å²) in [6.07, 6.45) is 0. The van der Waals surface area contributed by atoms with Gasteiger partial charge < -0.3 is 13.9 Å². The Morgan fingerprint density at radius 1 is 0.345 bits per heavy atom. The van der Waals surface area contributed by atoms with Gasteiger partial charge >= 0.3 is 0 Å². The summed E-state index contributed by atoms with van der Waals surface area (Å²) in [6, 6.07) is 74.1. The average molecular weight is 703 g/mol. The average Bonchev–Trinajstić information content (AvgIpc) is 3.80. The van der Waals surface area contributed by atoms with Crippen LogP contribution in [0.25, 0.3) is 82.5 Å². The van der Waals surface area contributed by atoms with E-state index in [1.54, 1.807) is 0 Å². The van der Waals surface area contributed by atoms with Gasteiger partial charge in [-0.25, -0.2) is 0 Å². The number of fused-ring (bicyclic) bond motifs is 7. The lowest BCUT2D eigenvalue weighted by atomic mass is 9.96. The first-order chi connectivity index (χ1) is 27.3. The van der Waals surface area contributed by atoms with Crippen LogP contribution in [0.2, 0.25) is 0 Å². The highest BCUT2D eigenvalue weighted by molar-refractivity contribution is 6.10. The second kappa shape index (κ2) is 12.6. The molecule has 0 saturated carbocycles. The molecule has 11 rings (SSSR count). The predicted molar refractivity (Wildman–Crippen MR) is 231 cm³/mol. The summed E-state index contributed by atoms with van der Waals surface area (Å²) in [5.74, 6) is 0. The molecule has 0 radical (unpaired) electrons. The maximum absolute atomic E-state index is 6.24. The number of nitrogens with zero attached hydrogens (tertiary/aromatic N) is 2. The van der Waals surface area contributed by atoms with E-state index in [9.17, 15) is 0 Å². The number of aromatic nitrogens is 1. The Kier molecular flexibility index (Phi) is 7.17. The minimum Gasteiger partial charge on any atom is -0.456 e. The minimum atomic E-state index is 0.883. The molecule has 0 aliphatic heterocycles. The van der Waals surface area contributed by atoms with E-state index in [2.05, 4.69) is 204 Å². The molecule has 55 heavy (non-hydrogen) atoms. The summed E-state index contributed by atoms with van der Waals surface area (Å²) in [4.78, 5) is 2.35. The van der Waals surface area contributed by atoms with Gasteiger partial charge in [-0.2, -0.15) is 0 Å². The van der Waals surface area contributed by atoms with Gasteiger partial charge in [-0.15, -0.1) is 0 Å². The van der Waals surface area contributed by atoms with Crippen molar-refractivity contribution in [2.75, 3.05) is 4.90 Å². The molecule has 3 nitrogen and oxygen atoms in total. The fourth-order valence-corrected chi connectivity index (χ4v) is 8.41. The van der Waals surface area contributed by atoms with Crippen LogP contribution in [0.5, 0.6) is 0 Å². The Balaban J connectivity index is 1.08. The number of anilines is 3. The van der Waals surface area contributed by atoms with Gasteiger partial charge in [-0.1, -0.05) is 133 Å². The van der Waals surface area contributed by atoms with E-state index in [1.807, 2.05) is 12.1 Å². The molecule has 0 saturated heterocycles. The largest absolute Gasteiger partial charge is 0.456 e. The third kappa shape index (κ3) is 5.20. The molecule has 258 valence electrons. The quantitative estimate of drug-likeness (QED) is 0.172. The van der Waals surface area contributed by atoms with Crippen molar-refractivity contribution in [1.82, 2.24) is 4.57 Å².